The summed E-state index contributed by atoms with van der Waals surface area (Å²) in [5.41, 5.74) is -1.30. The molecule has 1 N–H and O–H groups in total. The second kappa shape index (κ2) is 9.94. The molecule has 0 amide bonds. The summed E-state index contributed by atoms with van der Waals surface area (Å²) in [7, 11) is 0. The third kappa shape index (κ3) is 5.73. The molecule has 0 aliphatic carbocycles. The molecule has 1 atom stereocenters. The molecule has 1 aliphatic rings. The maximum Gasteiger partial charge on any atom is 0.338 e. The summed E-state index contributed by atoms with van der Waals surface area (Å²) in [6.07, 6.45) is 3.57. The zero-order chi connectivity index (χ0) is 23.4. The van der Waals surface area contributed by atoms with E-state index in [-0.39, 0.29) is 24.8 Å². The first-order chi connectivity index (χ1) is 15.8. The van der Waals surface area contributed by atoms with Gasteiger partial charge in [0.1, 0.15) is 36.0 Å². The van der Waals surface area contributed by atoms with E-state index in [0.717, 1.165) is 12.1 Å². The molecule has 0 radical (unpaired) electrons. The van der Waals surface area contributed by atoms with Gasteiger partial charge in [0.2, 0.25) is 0 Å². The molecule has 0 bridgehead atoms. The van der Waals surface area contributed by atoms with Gasteiger partial charge in [0, 0.05) is 36.3 Å². The summed E-state index contributed by atoms with van der Waals surface area (Å²) < 4.78 is 35.1. The minimum absolute atomic E-state index is 0.0195. The van der Waals surface area contributed by atoms with E-state index in [9.17, 15) is 18.7 Å². The van der Waals surface area contributed by atoms with Gasteiger partial charge in [0.15, 0.2) is 0 Å². The molecule has 174 valence electrons. The zero-order valence-electron chi connectivity index (χ0n) is 17.7. The first-order valence-corrected chi connectivity index (χ1v) is 10.9. The summed E-state index contributed by atoms with van der Waals surface area (Å²) in [4.78, 5) is 18.2. The molecule has 4 rings (SSSR count). The van der Waals surface area contributed by atoms with Crippen LogP contribution >= 0.6 is 11.6 Å². The highest BCUT2D eigenvalue weighted by atomic mass is 35.5. The number of hydrogen-bond donors (Lipinski definition) is 1. The molecule has 2 aromatic carbocycles. The number of aliphatic hydroxyl groups is 1. The molecule has 3 aromatic rings. The molecule has 1 fully saturated rings. The molecule has 1 saturated heterocycles. The number of rotatable bonds is 7. The number of hydrogen-bond acceptors (Lipinski definition) is 6. The third-order valence-corrected chi connectivity index (χ3v) is 5.91. The van der Waals surface area contributed by atoms with E-state index >= 15 is 0 Å². The topological polar surface area (TPSA) is 80.5 Å². The number of carbonyl (C=O) groups excluding carboxylic acids is 1. The molecule has 0 saturated carbocycles. The minimum Gasteiger partial charge on any atom is -0.459 e. The van der Waals surface area contributed by atoms with Crippen molar-refractivity contribution in [3.8, 4) is 0 Å². The van der Waals surface area contributed by atoms with Gasteiger partial charge in [-0.1, -0.05) is 23.7 Å². The predicted octanol–water partition coefficient (Wildman–Crippen LogP) is 3.42. The normalized spacial score (nSPS) is 17.0. The largest absolute Gasteiger partial charge is 0.459 e. The van der Waals surface area contributed by atoms with Crippen molar-refractivity contribution in [2.75, 3.05) is 19.6 Å². The van der Waals surface area contributed by atoms with Crippen LogP contribution in [-0.4, -0.2) is 56.5 Å². The Morgan fingerprint density at radius 2 is 1.97 bits per heavy atom. The number of piperidine rings is 1. The summed E-state index contributed by atoms with van der Waals surface area (Å²) in [5, 5.41) is 15.9. The van der Waals surface area contributed by atoms with Crippen molar-refractivity contribution in [2.45, 2.75) is 31.1 Å². The molecule has 2 heterocycles. The standard InChI is InChI=1S/C23H23ClF2N4O3/c24-17-3-1-2-16(10-17)22(31)33-19-6-8-29(9-7-19)12-23(32,13-30-15-27-14-28-30)20-5-4-18(25)11-21(20)26/h1-5,10-11,14-15,19,32H,6-9,12-13H2. The molecule has 33 heavy (non-hydrogen) atoms. The number of ether oxygens (including phenoxy) is 1. The molecular weight excluding hydrogens is 454 g/mol. The Morgan fingerprint density at radius 1 is 1.18 bits per heavy atom. The van der Waals surface area contributed by atoms with Crippen molar-refractivity contribution in [1.82, 2.24) is 19.7 Å². The molecule has 0 spiro atoms. The Kier molecular flexibility index (Phi) is 7.02. The van der Waals surface area contributed by atoms with E-state index < -0.39 is 23.2 Å². The lowest BCUT2D eigenvalue weighted by Gasteiger charge is -2.38. The average molecular weight is 477 g/mol. The van der Waals surface area contributed by atoms with Crippen LogP contribution in [0.25, 0.3) is 0 Å². The Bertz CT molecular complexity index is 1110. The number of carbonyl (C=O) groups is 1. The fourth-order valence-corrected chi connectivity index (χ4v) is 4.25. The first kappa shape index (κ1) is 23.3. The lowest BCUT2D eigenvalue weighted by atomic mass is 9.91. The number of nitrogens with zero attached hydrogens (tertiary/aromatic N) is 4. The number of aromatic nitrogens is 3. The Hall–Kier alpha value is -2.88. The number of esters is 1. The first-order valence-electron chi connectivity index (χ1n) is 10.5. The van der Waals surface area contributed by atoms with Gasteiger partial charge in [0.05, 0.1) is 12.1 Å². The number of benzene rings is 2. The van der Waals surface area contributed by atoms with Crippen molar-refractivity contribution in [1.29, 1.82) is 0 Å². The van der Waals surface area contributed by atoms with Crippen molar-refractivity contribution >= 4 is 17.6 Å². The van der Waals surface area contributed by atoms with Crippen LogP contribution in [0.1, 0.15) is 28.8 Å². The highest BCUT2D eigenvalue weighted by molar-refractivity contribution is 6.30. The molecule has 1 unspecified atom stereocenters. The van der Waals surface area contributed by atoms with Crippen molar-refractivity contribution in [2.24, 2.45) is 0 Å². The third-order valence-electron chi connectivity index (χ3n) is 5.68. The van der Waals surface area contributed by atoms with E-state index in [1.54, 1.807) is 24.3 Å². The average Bonchev–Trinajstić information content (AvgIpc) is 3.27. The highest BCUT2D eigenvalue weighted by Gasteiger charge is 2.37. The lowest BCUT2D eigenvalue weighted by Crippen LogP contribution is -2.48. The van der Waals surface area contributed by atoms with Crippen molar-refractivity contribution in [3.05, 3.63) is 82.9 Å². The van der Waals surface area contributed by atoms with Crippen LogP contribution in [0.15, 0.2) is 55.1 Å². The van der Waals surface area contributed by atoms with Gasteiger partial charge in [0.25, 0.3) is 0 Å². The second-order valence-electron chi connectivity index (χ2n) is 8.14. The van der Waals surface area contributed by atoms with Gasteiger partial charge in [-0.3, -0.25) is 4.90 Å². The quantitative estimate of drug-likeness (QED) is 0.526. The minimum atomic E-state index is -1.67. The van der Waals surface area contributed by atoms with Crippen LogP contribution < -0.4 is 0 Å². The van der Waals surface area contributed by atoms with E-state index in [2.05, 4.69) is 10.1 Å². The van der Waals surface area contributed by atoms with E-state index in [1.165, 1.54) is 23.4 Å². The fourth-order valence-electron chi connectivity index (χ4n) is 4.06. The van der Waals surface area contributed by atoms with Crippen LogP contribution in [-0.2, 0) is 16.9 Å². The maximum absolute atomic E-state index is 14.6. The highest BCUT2D eigenvalue weighted by Crippen LogP contribution is 2.29. The summed E-state index contributed by atoms with van der Waals surface area (Å²) in [6.45, 7) is 1.08. The fraction of sp³-hybridized carbons (Fsp3) is 0.348. The van der Waals surface area contributed by atoms with Crippen LogP contribution in [0.2, 0.25) is 5.02 Å². The van der Waals surface area contributed by atoms with Gasteiger partial charge in [-0.2, -0.15) is 5.10 Å². The van der Waals surface area contributed by atoms with Gasteiger partial charge in [-0.15, -0.1) is 0 Å². The van der Waals surface area contributed by atoms with Crippen molar-refractivity contribution in [3.63, 3.8) is 0 Å². The zero-order valence-corrected chi connectivity index (χ0v) is 18.5. The van der Waals surface area contributed by atoms with E-state index in [4.69, 9.17) is 16.3 Å². The van der Waals surface area contributed by atoms with Crippen LogP contribution in [0.5, 0.6) is 0 Å². The molecule has 1 aromatic heterocycles. The smallest absolute Gasteiger partial charge is 0.338 e. The molecule has 7 nitrogen and oxygen atoms in total. The monoisotopic (exact) mass is 476 g/mol. The van der Waals surface area contributed by atoms with Crippen molar-refractivity contribution < 1.29 is 23.4 Å². The summed E-state index contributed by atoms with van der Waals surface area (Å²) in [6, 6.07) is 9.69. The van der Waals surface area contributed by atoms with Gasteiger partial charge < -0.3 is 9.84 Å². The molecular formula is C23H23ClF2N4O3. The summed E-state index contributed by atoms with van der Waals surface area (Å²) >= 11 is 5.94. The van der Waals surface area contributed by atoms with Crippen LogP contribution in [0.4, 0.5) is 8.78 Å². The molecule has 1 aliphatic heterocycles. The number of β-amino-alcohol motifs (C(OH)–C–C–N with tert-alkyl or cyclic N) is 1. The maximum atomic E-state index is 14.6. The van der Waals surface area contributed by atoms with Gasteiger partial charge in [-0.25, -0.2) is 23.2 Å². The van der Waals surface area contributed by atoms with Crippen LogP contribution in [0.3, 0.4) is 0 Å². The van der Waals surface area contributed by atoms with Crippen LogP contribution in [0, 0.1) is 11.6 Å². The lowest BCUT2D eigenvalue weighted by molar-refractivity contribution is -0.0396. The van der Waals surface area contributed by atoms with Gasteiger partial charge in [-0.05, 0) is 37.1 Å². The Labute approximate surface area is 194 Å². The second-order valence-corrected chi connectivity index (χ2v) is 8.58. The predicted molar refractivity (Wildman–Crippen MR) is 117 cm³/mol. The van der Waals surface area contributed by atoms with Gasteiger partial charge >= 0.3 is 5.97 Å². The SMILES string of the molecule is O=C(OC1CCN(CC(O)(Cn2cncn2)c2ccc(F)cc2F)CC1)c1cccc(Cl)c1. The van der Waals surface area contributed by atoms with E-state index in [0.29, 0.717) is 36.5 Å². The molecule has 10 heteroatoms. The Balaban J connectivity index is 1.42. The number of likely N-dealkylation sites (tertiary alicyclic amines) is 1. The Morgan fingerprint density at radius 3 is 2.64 bits per heavy atom. The number of halogens is 3. The van der Waals surface area contributed by atoms with E-state index in [1.807, 2.05) is 4.90 Å². The summed E-state index contributed by atoms with van der Waals surface area (Å²) in [5.74, 6) is -1.99.